The van der Waals surface area contributed by atoms with E-state index in [1.807, 2.05) is 159 Å². The lowest BCUT2D eigenvalue weighted by atomic mass is 9.78. The molecule has 3 unspecified atom stereocenters. The molecule has 8 aromatic carbocycles. The zero-order chi connectivity index (χ0) is 50.6. The van der Waals surface area contributed by atoms with Crippen LogP contribution < -0.4 is 27.1 Å². The van der Waals surface area contributed by atoms with Crippen LogP contribution in [0.4, 0.5) is 0 Å². The highest BCUT2D eigenvalue weighted by molar-refractivity contribution is 7.63. The zero-order valence-corrected chi connectivity index (χ0v) is 45.0. The van der Waals surface area contributed by atoms with Gasteiger partial charge in [0.05, 0.1) is 0 Å². The van der Waals surface area contributed by atoms with Crippen LogP contribution in [0, 0.1) is 13.8 Å². The lowest BCUT2D eigenvalue weighted by molar-refractivity contribution is 0.448. The third-order valence-electron chi connectivity index (χ3n) is 12.3. The molecule has 0 fully saturated rings. The molecule has 0 aliphatic rings. The second-order valence-electron chi connectivity index (χ2n) is 18.5. The molecule has 8 rings (SSSR count). The van der Waals surface area contributed by atoms with E-state index >= 15 is 0 Å². The second-order valence-corrected chi connectivity index (χ2v) is 24.3. The van der Waals surface area contributed by atoms with Gasteiger partial charge in [0, 0.05) is 17.4 Å². The van der Waals surface area contributed by atoms with Gasteiger partial charge in [0.15, 0.2) is 5.78 Å². The van der Waals surface area contributed by atoms with Crippen molar-refractivity contribution in [2.75, 3.05) is 6.54 Å². The van der Waals surface area contributed by atoms with Crippen LogP contribution in [0.5, 0.6) is 34.5 Å². The van der Waals surface area contributed by atoms with Crippen LogP contribution in [0.15, 0.2) is 232 Å². The van der Waals surface area contributed by atoms with Crippen molar-refractivity contribution in [2.24, 2.45) is 14.0 Å². The number of nitrogens with zero attached hydrogens (tertiary/aromatic N) is 3. The molecule has 370 valence electrons. The summed E-state index contributed by atoms with van der Waals surface area (Å²) in [5, 5.41) is 0. The van der Waals surface area contributed by atoms with Crippen molar-refractivity contribution in [2.45, 2.75) is 72.0 Å². The summed E-state index contributed by atoms with van der Waals surface area (Å²) >= 11 is 0. The first-order chi connectivity index (χ1) is 34.7. The third kappa shape index (κ3) is 13.0. The summed E-state index contributed by atoms with van der Waals surface area (Å²) in [5.74, 6) is 2.40. The van der Waals surface area contributed by atoms with E-state index in [4.69, 9.17) is 41.1 Å². The van der Waals surface area contributed by atoms with Gasteiger partial charge in [-0.3, -0.25) is 0 Å². The molecule has 9 nitrogen and oxygen atoms in total. The second kappa shape index (κ2) is 23.2. The normalized spacial score (nSPS) is 13.4. The van der Waals surface area contributed by atoms with E-state index < -0.39 is 29.1 Å². The smallest absolute Gasteiger partial charge is 0.432 e. The summed E-state index contributed by atoms with van der Waals surface area (Å²) in [6.45, 7) is 17.4. The predicted molar refractivity (Wildman–Crippen MR) is 298 cm³/mol. The maximum atomic E-state index is 7.16. The molecule has 0 bridgehead atoms. The summed E-state index contributed by atoms with van der Waals surface area (Å²) in [5.41, 5.74) is 6.58. The van der Waals surface area contributed by atoms with Crippen molar-refractivity contribution in [3.8, 4) is 34.5 Å². The van der Waals surface area contributed by atoms with Gasteiger partial charge in [-0.1, -0.05) is 184 Å². The molecule has 0 aliphatic carbocycles. The molecule has 0 aliphatic heterocycles. The monoisotopic (exact) mass is 1020 g/mol. The van der Waals surface area contributed by atoms with Crippen molar-refractivity contribution in [1.29, 1.82) is 0 Å². The lowest BCUT2D eigenvalue weighted by Gasteiger charge is -2.31. The van der Waals surface area contributed by atoms with Gasteiger partial charge in [-0.15, -0.1) is 4.52 Å². The first-order valence-corrected chi connectivity index (χ1v) is 28.7. The van der Waals surface area contributed by atoms with Gasteiger partial charge in [0.25, 0.3) is 0 Å². The molecule has 0 heterocycles. The number of para-hydroxylation sites is 4. The van der Waals surface area contributed by atoms with E-state index in [1.165, 1.54) is 22.3 Å². The first kappa shape index (κ1) is 51.6. The summed E-state index contributed by atoms with van der Waals surface area (Å²) in [6.07, 6.45) is 0. The van der Waals surface area contributed by atoms with Gasteiger partial charge in [-0.05, 0) is 123 Å². The Balaban J connectivity index is 1.28. The van der Waals surface area contributed by atoms with Gasteiger partial charge in [-0.25, -0.2) is 4.74 Å². The quantitative estimate of drug-likeness (QED) is 0.0706. The molecule has 72 heavy (non-hydrogen) atoms. The van der Waals surface area contributed by atoms with Crippen molar-refractivity contribution < 1.29 is 27.1 Å². The molecular formula is C60H64N3O6P3. The molecule has 0 aromatic heterocycles. The number of aryl methyl sites for hydroxylation is 2. The van der Waals surface area contributed by atoms with Crippen molar-refractivity contribution in [3.05, 3.63) is 252 Å². The Morgan fingerprint density at radius 1 is 0.417 bits per heavy atom. The summed E-state index contributed by atoms with van der Waals surface area (Å²) in [4.78, 5) is 0. The summed E-state index contributed by atoms with van der Waals surface area (Å²) in [7, 11) is -10.2. The van der Waals surface area contributed by atoms with Gasteiger partial charge < -0.3 is 27.1 Å². The minimum Gasteiger partial charge on any atom is -0.432 e. The van der Waals surface area contributed by atoms with E-state index in [2.05, 4.69) is 114 Å². The number of rotatable bonds is 20. The fraction of sp³-hybridized carbons (Fsp3) is 0.200. The molecule has 12 heteroatoms. The van der Waals surface area contributed by atoms with E-state index in [-0.39, 0.29) is 10.8 Å². The molecular weight excluding hydrogens is 952 g/mol. The van der Waals surface area contributed by atoms with Crippen LogP contribution in [-0.2, 0) is 10.8 Å². The molecule has 8 aromatic rings. The Morgan fingerprint density at radius 3 is 1.10 bits per heavy atom. The fourth-order valence-corrected chi connectivity index (χ4v) is 14.6. The van der Waals surface area contributed by atoms with E-state index in [0.717, 1.165) is 11.1 Å². The Bertz CT molecular complexity index is 3090. The average molecular weight is 1020 g/mol. The van der Waals surface area contributed by atoms with E-state index in [9.17, 15) is 0 Å². The topological polar surface area (TPSA) is 92.5 Å². The lowest BCUT2D eigenvalue weighted by Crippen LogP contribution is -2.19. The third-order valence-corrected chi connectivity index (χ3v) is 19.2. The van der Waals surface area contributed by atoms with Crippen LogP contribution in [-0.4, -0.2) is 12.3 Å². The molecule has 0 saturated heterocycles. The number of hydrogen-bond donors (Lipinski definition) is 0. The number of benzene rings is 8. The minimum atomic E-state index is -3.95. The fourth-order valence-electron chi connectivity index (χ4n) is 7.97. The summed E-state index contributed by atoms with van der Waals surface area (Å²) in [6, 6.07) is 71.6. The van der Waals surface area contributed by atoms with Crippen LogP contribution >= 0.6 is 23.3 Å². The highest BCUT2D eigenvalue weighted by Crippen LogP contribution is 2.64. The maximum Gasteiger partial charge on any atom is 0.449 e. The molecule has 0 spiro atoms. The van der Waals surface area contributed by atoms with Gasteiger partial charge in [0.1, 0.15) is 34.5 Å². The van der Waals surface area contributed by atoms with E-state index in [0.29, 0.717) is 41.0 Å². The molecule has 0 amide bonds. The van der Waals surface area contributed by atoms with Gasteiger partial charge in [-0.2, -0.15) is 4.74 Å². The first-order valence-electron chi connectivity index (χ1n) is 24.2. The average Bonchev–Trinajstić information content (AvgIpc) is 3.38. The van der Waals surface area contributed by atoms with Crippen molar-refractivity contribution in [1.82, 2.24) is 0 Å². The minimum absolute atomic E-state index is 0.267. The highest BCUT2D eigenvalue weighted by Gasteiger charge is 2.39. The van der Waals surface area contributed by atoms with Crippen LogP contribution in [0.1, 0.15) is 74.9 Å². The van der Waals surface area contributed by atoms with Crippen molar-refractivity contribution in [3.63, 3.8) is 0 Å². The molecule has 3 atom stereocenters. The molecule has 0 saturated carbocycles. The largest absolute Gasteiger partial charge is 0.449 e. The standard InChI is InChI=1S/C60H64N3O6P3/c1-9-61-71(66-55-24-16-11-17-25-55,67-58-44-40-52(41-45-58)60(7,8)50-36-32-47(3)33-37-50)48(4)62-72(68-56-26-18-12-19-27-56,69-57-28-20-13-21-29-57)63-70(64-53-22-14-10-15-23-53)65-54-42-38-51(39-43-54)59(5,6)49-34-30-46(2)31-35-49/h10-45,48,70H,9H2,1-8H3. The van der Waals surface area contributed by atoms with Gasteiger partial charge >= 0.3 is 23.3 Å². The number of hydrogen-bond acceptors (Lipinski definition) is 8. The molecule has 0 N–H and O–H groups in total. The summed E-state index contributed by atoms with van der Waals surface area (Å²) < 4.78 is 58.2. The SMILES string of the molecule is CCN=P(Oc1ccccc1)(Oc1ccc(C(C)(C)c2ccc(C)cc2)cc1)C(C)N=P(/N=[PH](/Oc1ccccc1)Oc1ccc(C(C)(C)c2ccc(C)cc2)cc1)(Oc1ccccc1)Oc1ccccc1. The Morgan fingerprint density at radius 2 is 0.722 bits per heavy atom. The Hall–Kier alpha value is -6.75. The van der Waals surface area contributed by atoms with Crippen molar-refractivity contribution >= 4 is 23.3 Å². The predicted octanol–water partition coefficient (Wildman–Crippen LogP) is 18.3. The molecule has 0 radical (unpaired) electrons. The maximum absolute atomic E-state index is 7.16. The van der Waals surface area contributed by atoms with Gasteiger partial charge in [0.2, 0.25) is 0 Å². The highest BCUT2D eigenvalue weighted by atomic mass is 31.2. The van der Waals surface area contributed by atoms with E-state index in [1.54, 1.807) is 0 Å². The Labute approximate surface area is 427 Å². The Kier molecular flexibility index (Phi) is 16.6. The zero-order valence-electron chi connectivity index (χ0n) is 42.3. The van der Waals surface area contributed by atoms with Crippen LogP contribution in [0.3, 0.4) is 0 Å². The van der Waals surface area contributed by atoms with Crippen LogP contribution in [0.25, 0.3) is 0 Å². The van der Waals surface area contributed by atoms with Crippen LogP contribution in [0.2, 0.25) is 0 Å².